The van der Waals surface area contributed by atoms with Gasteiger partial charge < -0.3 is 4.42 Å². The van der Waals surface area contributed by atoms with Gasteiger partial charge in [-0.3, -0.25) is 9.59 Å². The smallest absolute Gasteiger partial charge is 0.282 e. The average molecular weight is 373 g/mol. The summed E-state index contributed by atoms with van der Waals surface area (Å²) in [4.78, 5) is 29.2. The first-order valence-electron chi connectivity index (χ1n) is 8.18. The highest BCUT2D eigenvalue weighted by Gasteiger charge is 2.35. The lowest BCUT2D eigenvalue weighted by atomic mass is 10.1. The van der Waals surface area contributed by atoms with Crippen LogP contribution in [0.1, 0.15) is 26.5 Å². The first kappa shape index (κ1) is 15.7. The number of imide groups is 1. The van der Waals surface area contributed by atoms with Crippen LogP contribution in [0.5, 0.6) is 0 Å². The highest BCUT2D eigenvalue weighted by Crippen LogP contribution is 2.31. The zero-order valence-corrected chi connectivity index (χ0v) is 14.6. The van der Waals surface area contributed by atoms with Gasteiger partial charge in [-0.15, -0.1) is 11.3 Å². The minimum atomic E-state index is -0.440. The number of nitrogens with zero attached hydrogens (tertiary/aromatic N) is 3. The molecular formula is C20H11N3O3S. The van der Waals surface area contributed by atoms with E-state index in [1.807, 2.05) is 24.3 Å². The molecule has 3 heterocycles. The van der Waals surface area contributed by atoms with E-state index >= 15 is 0 Å². The lowest BCUT2D eigenvalue weighted by molar-refractivity contribution is 0.0660. The highest BCUT2D eigenvalue weighted by atomic mass is 32.1. The Hall–Kier alpha value is -3.58. The van der Waals surface area contributed by atoms with E-state index < -0.39 is 11.8 Å². The Kier molecular flexibility index (Phi) is 3.48. The summed E-state index contributed by atoms with van der Waals surface area (Å²) in [5, 5.41) is 5.63. The van der Waals surface area contributed by atoms with Gasteiger partial charge >= 0.3 is 0 Å². The number of benzene rings is 2. The first-order valence-corrected chi connectivity index (χ1v) is 9.00. The summed E-state index contributed by atoms with van der Waals surface area (Å²) in [7, 11) is 0. The van der Waals surface area contributed by atoms with Gasteiger partial charge in [0.05, 0.1) is 27.6 Å². The van der Waals surface area contributed by atoms with Gasteiger partial charge in [0.25, 0.3) is 11.8 Å². The van der Waals surface area contributed by atoms with Gasteiger partial charge in [-0.05, 0) is 36.4 Å². The van der Waals surface area contributed by atoms with Gasteiger partial charge in [-0.2, -0.15) is 10.1 Å². The lowest BCUT2D eigenvalue weighted by Crippen LogP contribution is -2.23. The summed E-state index contributed by atoms with van der Waals surface area (Å²) in [5.41, 5.74) is 1.62. The normalized spacial score (nSPS) is 13.9. The highest BCUT2D eigenvalue weighted by molar-refractivity contribution is 7.21. The standard InChI is InChI=1S/C20H11N3O3S/c24-19-13-5-1-2-6-14(13)20(25)23(19)21-11-12-9-10-16(26-12)18-22-15-7-3-4-8-17(15)27-18/h1-11H/b21-11-. The molecule has 6 nitrogen and oxygen atoms in total. The summed E-state index contributed by atoms with van der Waals surface area (Å²) >= 11 is 1.53. The van der Waals surface area contributed by atoms with Crippen LogP contribution in [0.25, 0.3) is 21.0 Å². The van der Waals surface area contributed by atoms with E-state index in [-0.39, 0.29) is 0 Å². The zero-order chi connectivity index (χ0) is 18.4. The molecule has 0 spiro atoms. The minimum Gasteiger partial charge on any atom is -0.453 e. The van der Waals surface area contributed by atoms with Crippen molar-refractivity contribution in [3.63, 3.8) is 0 Å². The SMILES string of the molecule is O=C1c2ccccc2C(=O)N1/N=C\c1ccc(-c2nc3ccccc3s2)o1. The van der Waals surface area contributed by atoms with E-state index in [2.05, 4.69) is 10.1 Å². The van der Waals surface area contributed by atoms with Crippen LogP contribution in [-0.2, 0) is 0 Å². The van der Waals surface area contributed by atoms with Crippen molar-refractivity contribution >= 4 is 39.6 Å². The molecule has 5 rings (SSSR count). The van der Waals surface area contributed by atoms with Crippen LogP contribution in [0.2, 0.25) is 0 Å². The molecule has 27 heavy (non-hydrogen) atoms. The monoisotopic (exact) mass is 373 g/mol. The van der Waals surface area contributed by atoms with Crippen molar-refractivity contribution in [3.05, 3.63) is 77.6 Å². The molecular weight excluding hydrogens is 362 g/mol. The van der Waals surface area contributed by atoms with Crippen LogP contribution in [0.4, 0.5) is 0 Å². The number of amides is 2. The van der Waals surface area contributed by atoms with Gasteiger partial charge in [0, 0.05) is 0 Å². The van der Waals surface area contributed by atoms with E-state index in [0.29, 0.717) is 22.6 Å². The van der Waals surface area contributed by atoms with Crippen molar-refractivity contribution in [1.29, 1.82) is 0 Å². The number of hydrogen-bond acceptors (Lipinski definition) is 6. The van der Waals surface area contributed by atoms with Crippen LogP contribution >= 0.6 is 11.3 Å². The van der Waals surface area contributed by atoms with Crippen molar-refractivity contribution < 1.29 is 14.0 Å². The third-order valence-corrected chi connectivity index (χ3v) is 5.26. The second-order valence-corrected chi connectivity index (χ2v) is 6.93. The minimum absolute atomic E-state index is 0.356. The first-order chi connectivity index (χ1) is 13.2. The molecule has 2 amide bonds. The number of fused-ring (bicyclic) bond motifs is 2. The van der Waals surface area contributed by atoms with E-state index in [0.717, 1.165) is 20.2 Å². The van der Waals surface area contributed by atoms with Crippen LogP contribution in [0, 0.1) is 0 Å². The Bertz CT molecular complexity index is 1170. The maximum absolute atomic E-state index is 12.3. The number of carbonyl (C=O) groups is 2. The second kappa shape index (κ2) is 6.00. The van der Waals surface area contributed by atoms with Gasteiger partial charge in [0.2, 0.25) is 0 Å². The molecule has 4 aromatic rings. The molecule has 2 aromatic carbocycles. The Morgan fingerprint density at radius 1 is 0.926 bits per heavy atom. The molecule has 7 heteroatoms. The molecule has 0 atom stereocenters. The van der Waals surface area contributed by atoms with Crippen LogP contribution in [0.15, 0.2) is 70.2 Å². The Morgan fingerprint density at radius 2 is 1.63 bits per heavy atom. The third kappa shape index (κ3) is 2.56. The maximum atomic E-state index is 12.3. The molecule has 0 bridgehead atoms. The predicted molar refractivity (Wildman–Crippen MR) is 102 cm³/mol. The summed E-state index contributed by atoms with van der Waals surface area (Å²) in [6.45, 7) is 0. The van der Waals surface area contributed by atoms with Gasteiger partial charge in [-0.1, -0.05) is 24.3 Å². The van der Waals surface area contributed by atoms with E-state index in [1.165, 1.54) is 17.6 Å². The second-order valence-electron chi connectivity index (χ2n) is 5.90. The predicted octanol–water partition coefficient (Wildman–Crippen LogP) is 4.19. The molecule has 1 aliphatic rings. The number of hydrogen-bond donors (Lipinski definition) is 0. The molecule has 0 saturated heterocycles. The van der Waals surface area contributed by atoms with E-state index in [9.17, 15) is 9.59 Å². The molecule has 0 N–H and O–H groups in total. The summed E-state index contributed by atoms with van der Waals surface area (Å²) in [6.07, 6.45) is 1.36. The van der Waals surface area contributed by atoms with Gasteiger partial charge in [0.1, 0.15) is 5.76 Å². The summed E-state index contributed by atoms with van der Waals surface area (Å²) < 4.78 is 6.83. The molecule has 0 unspecified atom stereocenters. The molecule has 0 radical (unpaired) electrons. The number of thiazole rings is 1. The largest absolute Gasteiger partial charge is 0.453 e. The number of carbonyl (C=O) groups excluding carboxylic acids is 2. The number of hydrazone groups is 1. The number of furan rings is 1. The summed E-state index contributed by atoms with van der Waals surface area (Å²) in [5.74, 6) is 0.162. The Morgan fingerprint density at radius 3 is 2.37 bits per heavy atom. The van der Waals surface area contributed by atoms with Crippen molar-refractivity contribution in [1.82, 2.24) is 9.99 Å². The van der Waals surface area contributed by atoms with Crippen molar-refractivity contribution in [2.45, 2.75) is 0 Å². The Balaban J connectivity index is 1.41. The van der Waals surface area contributed by atoms with Gasteiger partial charge in [-0.25, -0.2) is 4.98 Å². The fourth-order valence-corrected chi connectivity index (χ4v) is 3.84. The average Bonchev–Trinajstić information content (AvgIpc) is 3.39. The Labute approximate surface area is 157 Å². The molecule has 1 aliphatic heterocycles. The number of rotatable bonds is 3. The quantitative estimate of drug-likeness (QED) is 0.399. The van der Waals surface area contributed by atoms with Crippen molar-refractivity contribution in [2.24, 2.45) is 5.10 Å². The maximum Gasteiger partial charge on any atom is 0.282 e. The van der Waals surface area contributed by atoms with Crippen LogP contribution < -0.4 is 0 Å². The topological polar surface area (TPSA) is 75.8 Å². The number of aromatic nitrogens is 1. The van der Waals surface area contributed by atoms with E-state index in [1.54, 1.807) is 36.4 Å². The van der Waals surface area contributed by atoms with Gasteiger partial charge in [0.15, 0.2) is 10.8 Å². The van der Waals surface area contributed by atoms with Crippen LogP contribution in [-0.4, -0.2) is 28.0 Å². The fraction of sp³-hybridized carbons (Fsp3) is 0. The van der Waals surface area contributed by atoms with Crippen LogP contribution in [0.3, 0.4) is 0 Å². The molecule has 0 fully saturated rings. The van der Waals surface area contributed by atoms with Crippen molar-refractivity contribution in [3.8, 4) is 10.8 Å². The van der Waals surface area contributed by atoms with E-state index in [4.69, 9.17) is 4.42 Å². The van der Waals surface area contributed by atoms with Crippen molar-refractivity contribution in [2.75, 3.05) is 0 Å². The number of para-hydroxylation sites is 1. The fourth-order valence-electron chi connectivity index (χ4n) is 2.91. The lowest BCUT2D eigenvalue weighted by Gasteiger charge is -2.04. The molecule has 130 valence electrons. The molecule has 0 aliphatic carbocycles. The molecule has 0 saturated carbocycles. The zero-order valence-electron chi connectivity index (χ0n) is 13.8. The third-order valence-electron chi connectivity index (χ3n) is 4.20. The summed E-state index contributed by atoms with van der Waals surface area (Å²) in [6, 6.07) is 18.0. The molecule has 2 aromatic heterocycles.